The standard InChI is InChI=1S/C21H27NO4/c1-6-21(2,16-8-10-17(24-3)11-9-16)22-20(23)14-15-7-12-18(25-4)19(13-15)26-5/h7-13H,6,14H2,1-5H3,(H,22,23)/t21-/m1/s1. The maximum atomic E-state index is 12.6. The van der Waals surface area contributed by atoms with E-state index in [9.17, 15) is 4.79 Å². The van der Waals surface area contributed by atoms with Gasteiger partial charge in [0, 0.05) is 0 Å². The van der Waals surface area contributed by atoms with Crippen LogP contribution in [0.4, 0.5) is 0 Å². The summed E-state index contributed by atoms with van der Waals surface area (Å²) in [4.78, 5) is 12.6. The van der Waals surface area contributed by atoms with Crippen molar-refractivity contribution in [3.63, 3.8) is 0 Å². The van der Waals surface area contributed by atoms with E-state index in [2.05, 4.69) is 12.2 Å². The third kappa shape index (κ3) is 4.48. The van der Waals surface area contributed by atoms with Gasteiger partial charge in [-0.3, -0.25) is 4.79 Å². The number of amides is 1. The van der Waals surface area contributed by atoms with E-state index in [-0.39, 0.29) is 12.3 Å². The van der Waals surface area contributed by atoms with Gasteiger partial charge in [0.25, 0.3) is 0 Å². The summed E-state index contributed by atoms with van der Waals surface area (Å²) >= 11 is 0. The minimum Gasteiger partial charge on any atom is -0.497 e. The molecule has 26 heavy (non-hydrogen) atoms. The number of hydrogen-bond acceptors (Lipinski definition) is 4. The molecule has 5 heteroatoms. The Kier molecular flexibility index (Phi) is 6.50. The Balaban J connectivity index is 2.13. The number of carbonyl (C=O) groups is 1. The lowest BCUT2D eigenvalue weighted by atomic mass is 9.89. The normalized spacial score (nSPS) is 12.8. The van der Waals surface area contributed by atoms with Gasteiger partial charge < -0.3 is 19.5 Å². The molecule has 0 heterocycles. The third-order valence-electron chi connectivity index (χ3n) is 4.66. The minimum absolute atomic E-state index is 0.0441. The summed E-state index contributed by atoms with van der Waals surface area (Å²) < 4.78 is 15.7. The second-order valence-electron chi connectivity index (χ2n) is 6.33. The predicted octanol–water partition coefficient (Wildman–Crippen LogP) is 3.70. The Morgan fingerprint density at radius 3 is 2.15 bits per heavy atom. The average molecular weight is 357 g/mol. The van der Waals surface area contributed by atoms with Gasteiger partial charge in [0.05, 0.1) is 33.3 Å². The molecule has 2 aromatic carbocycles. The van der Waals surface area contributed by atoms with Crippen LogP contribution < -0.4 is 19.5 Å². The maximum absolute atomic E-state index is 12.6. The van der Waals surface area contributed by atoms with Gasteiger partial charge in [-0.15, -0.1) is 0 Å². The minimum atomic E-state index is -0.445. The Morgan fingerprint density at radius 1 is 0.962 bits per heavy atom. The van der Waals surface area contributed by atoms with Gasteiger partial charge in [-0.25, -0.2) is 0 Å². The predicted molar refractivity (Wildman–Crippen MR) is 102 cm³/mol. The molecule has 1 amide bonds. The van der Waals surface area contributed by atoms with Crippen LogP contribution in [0.1, 0.15) is 31.4 Å². The van der Waals surface area contributed by atoms with Crippen LogP contribution in [0.25, 0.3) is 0 Å². The number of benzene rings is 2. The van der Waals surface area contributed by atoms with Gasteiger partial charge in [-0.2, -0.15) is 0 Å². The number of nitrogens with one attached hydrogen (secondary N) is 1. The molecule has 1 atom stereocenters. The Morgan fingerprint density at radius 2 is 1.62 bits per heavy atom. The molecule has 5 nitrogen and oxygen atoms in total. The van der Waals surface area contributed by atoms with Crippen molar-refractivity contribution in [2.75, 3.05) is 21.3 Å². The molecule has 0 aliphatic rings. The van der Waals surface area contributed by atoms with Crippen LogP contribution in [0.3, 0.4) is 0 Å². The van der Waals surface area contributed by atoms with Crippen molar-refractivity contribution >= 4 is 5.91 Å². The molecular weight excluding hydrogens is 330 g/mol. The zero-order chi connectivity index (χ0) is 19.2. The van der Waals surface area contributed by atoms with E-state index >= 15 is 0 Å². The van der Waals surface area contributed by atoms with Crippen molar-refractivity contribution in [2.45, 2.75) is 32.2 Å². The van der Waals surface area contributed by atoms with Crippen molar-refractivity contribution in [1.82, 2.24) is 5.32 Å². The molecular formula is C21H27NO4. The van der Waals surface area contributed by atoms with Crippen LogP contribution in [0, 0.1) is 0 Å². The quantitative estimate of drug-likeness (QED) is 0.783. The van der Waals surface area contributed by atoms with Crippen molar-refractivity contribution in [2.24, 2.45) is 0 Å². The highest BCUT2D eigenvalue weighted by atomic mass is 16.5. The van der Waals surface area contributed by atoms with Crippen LogP contribution in [-0.4, -0.2) is 27.2 Å². The first kappa shape index (κ1) is 19.6. The molecule has 0 aromatic heterocycles. The average Bonchev–Trinajstić information content (AvgIpc) is 2.67. The van der Waals surface area contributed by atoms with E-state index in [1.54, 1.807) is 21.3 Å². The topological polar surface area (TPSA) is 56.8 Å². The fourth-order valence-electron chi connectivity index (χ4n) is 2.85. The van der Waals surface area contributed by atoms with Crippen molar-refractivity contribution in [3.8, 4) is 17.2 Å². The van der Waals surface area contributed by atoms with Gasteiger partial charge in [0.15, 0.2) is 11.5 Å². The van der Waals surface area contributed by atoms with Crippen LogP contribution >= 0.6 is 0 Å². The number of methoxy groups -OCH3 is 3. The zero-order valence-corrected chi connectivity index (χ0v) is 16.1. The Bertz CT molecular complexity index is 742. The summed E-state index contributed by atoms with van der Waals surface area (Å²) in [5.74, 6) is 2.01. The lowest BCUT2D eigenvalue weighted by molar-refractivity contribution is -0.122. The van der Waals surface area contributed by atoms with Crippen LogP contribution in [0.15, 0.2) is 42.5 Å². The van der Waals surface area contributed by atoms with Gasteiger partial charge in [0.2, 0.25) is 5.91 Å². The molecule has 0 saturated carbocycles. The maximum Gasteiger partial charge on any atom is 0.225 e. The second kappa shape index (κ2) is 8.61. The number of ether oxygens (including phenoxy) is 3. The molecule has 140 valence electrons. The first-order valence-corrected chi connectivity index (χ1v) is 8.62. The van der Waals surface area contributed by atoms with Crippen molar-refractivity contribution in [1.29, 1.82) is 0 Å². The summed E-state index contributed by atoms with van der Waals surface area (Å²) in [6.07, 6.45) is 1.04. The fraction of sp³-hybridized carbons (Fsp3) is 0.381. The summed E-state index contributed by atoms with van der Waals surface area (Å²) in [6, 6.07) is 13.3. The molecule has 1 N–H and O–H groups in total. The highest BCUT2D eigenvalue weighted by Gasteiger charge is 2.26. The highest BCUT2D eigenvalue weighted by molar-refractivity contribution is 5.79. The Labute approximate surface area is 155 Å². The highest BCUT2D eigenvalue weighted by Crippen LogP contribution is 2.29. The molecule has 0 radical (unpaired) electrons. The van der Waals surface area contributed by atoms with Gasteiger partial charge in [-0.05, 0) is 48.7 Å². The van der Waals surface area contributed by atoms with Crippen molar-refractivity contribution in [3.05, 3.63) is 53.6 Å². The van der Waals surface area contributed by atoms with Crippen LogP contribution in [0.2, 0.25) is 0 Å². The molecule has 0 unspecified atom stereocenters. The van der Waals surface area contributed by atoms with Gasteiger partial charge >= 0.3 is 0 Å². The first-order chi connectivity index (χ1) is 12.5. The molecule has 0 bridgehead atoms. The summed E-state index contributed by atoms with van der Waals surface area (Å²) in [5, 5.41) is 3.16. The lowest BCUT2D eigenvalue weighted by Gasteiger charge is -2.30. The summed E-state index contributed by atoms with van der Waals surface area (Å²) in [7, 11) is 4.81. The molecule has 0 aliphatic carbocycles. The molecule has 0 spiro atoms. The smallest absolute Gasteiger partial charge is 0.225 e. The van der Waals surface area contributed by atoms with Crippen molar-refractivity contribution < 1.29 is 19.0 Å². The molecule has 0 fully saturated rings. The zero-order valence-electron chi connectivity index (χ0n) is 16.1. The fourth-order valence-corrected chi connectivity index (χ4v) is 2.85. The van der Waals surface area contributed by atoms with Gasteiger partial charge in [-0.1, -0.05) is 25.1 Å². The second-order valence-corrected chi connectivity index (χ2v) is 6.33. The molecule has 0 aliphatic heterocycles. The van der Waals surface area contributed by atoms with Crippen LogP contribution in [-0.2, 0) is 16.8 Å². The van der Waals surface area contributed by atoms with E-state index < -0.39 is 5.54 Å². The third-order valence-corrected chi connectivity index (χ3v) is 4.66. The first-order valence-electron chi connectivity index (χ1n) is 8.62. The largest absolute Gasteiger partial charge is 0.497 e. The molecule has 2 aromatic rings. The molecule has 2 rings (SSSR count). The Hall–Kier alpha value is -2.69. The summed E-state index contributed by atoms with van der Waals surface area (Å²) in [6.45, 7) is 4.09. The van der Waals surface area contributed by atoms with E-state index in [4.69, 9.17) is 14.2 Å². The monoisotopic (exact) mass is 357 g/mol. The van der Waals surface area contributed by atoms with Gasteiger partial charge in [0.1, 0.15) is 5.75 Å². The van der Waals surface area contributed by atoms with E-state index in [0.29, 0.717) is 11.5 Å². The number of hydrogen-bond donors (Lipinski definition) is 1. The van der Waals surface area contributed by atoms with E-state index in [1.807, 2.05) is 49.4 Å². The number of carbonyl (C=O) groups excluding carboxylic acids is 1. The van der Waals surface area contributed by atoms with E-state index in [0.717, 1.165) is 23.3 Å². The number of rotatable bonds is 8. The van der Waals surface area contributed by atoms with Crippen LogP contribution in [0.5, 0.6) is 17.2 Å². The van der Waals surface area contributed by atoms with E-state index in [1.165, 1.54) is 0 Å². The molecule has 0 saturated heterocycles. The SMILES string of the molecule is CC[C@@](C)(NC(=O)Cc1ccc(OC)c(OC)c1)c1ccc(OC)cc1. The summed E-state index contributed by atoms with van der Waals surface area (Å²) in [5.41, 5.74) is 1.47. The lowest BCUT2D eigenvalue weighted by Crippen LogP contribution is -2.43.